The van der Waals surface area contributed by atoms with Gasteiger partial charge in [-0.3, -0.25) is 88.6 Å². The Morgan fingerprint density at radius 3 is 1.12 bits per heavy atom. The molecule has 0 radical (unpaired) electrons. The van der Waals surface area contributed by atoms with Crippen molar-refractivity contribution in [3.8, 4) is 46.0 Å². The number of carbonyl (C=O) groups excluding carboxylic acids is 8. The molecule has 6 aromatic rings. The number of nitro groups is 4. The number of hydrogen-bond acceptors (Lipinski definition) is 28. The molecule has 0 spiro atoms. The number of phenolic OH excluding ortho intramolecular Hbond substituents is 8. The molecule has 38 heteroatoms. The van der Waals surface area contributed by atoms with Crippen LogP contribution in [0.25, 0.3) is 33.7 Å². The van der Waals surface area contributed by atoms with Crippen LogP contribution < -0.4 is 11.5 Å². The highest BCUT2D eigenvalue weighted by molar-refractivity contribution is 8.18. The van der Waals surface area contributed by atoms with Gasteiger partial charge in [-0.1, -0.05) is 52.4 Å². The Morgan fingerprint density at radius 1 is 0.431 bits per heavy atom. The fraction of sp³-hybridized carbons (Fsp3) is 0.436. The average molecular weight is 1650 g/mol. The van der Waals surface area contributed by atoms with E-state index in [4.69, 9.17) is 11.5 Å². The normalized spacial score (nSPS) is 13.1. The van der Waals surface area contributed by atoms with Crippen LogP contribution in [0.15, 0.2) is 82.6 Å². The summed E-state index contributed by atoms with van der Waals surface area (Å²) in [6.07, 6.45) is 17.2. The van der Waals surface area contributed by atoms with Gasteiger partial charge in [-0.15, -0.1) is 0 Å². The van der Waals surface area contributed by atoms with Crippen LogP contribution in [0.2, 0.25) is 0 Å². The number of hydrogen-bond donors (Lipinski definition) is 10. The van der Waals surface area contributed by atoms with Crippen molar-refractivity contribution < 1.29 is 98.9 Å². The zero-order chi connectivity index (χ0) is 86.2. The van der Waals surface area contributed by atoms with E-state index in [1.165, 1.54) is 60.7 Å². The first-order valence-corrected chi connectivity index (χ1v) is 39.4. The topological polar surface area (TPSA) is 542 Å². The molecule has 116 heavy (non-hydrogen) atoms. The number of aromatic hydroxyl groups is 8. The number of rotatable bonds is 38. The van der Waals surface area contributed by atoms with Crippen LogP contribution in [0.5, 0.6) is 46.0 Å². The van der Waals surface area contributed by atoms with Crippen molar-refractivity contribution in [3.63, 3.8) is 0 Å². The van der Waals surface area contributed by atoms with Crippen molar-refractivity contribution in [2.45, 2.75) is 143 Å². The lowest BCUT2D eigenvalue weighted by Crippen LogP contribution is -2.33. The van der Waals surface area contributed by atoms with Crippen molar-refractivity contribution in [1.29, 1.82) is 0 Å². The van der Waals surface area contributed by atoms with Crippen molar-refractivity contribution in [2.24, 2.45) is 11.5 Å². The van der Waals surface area contributed by atoms with E-state index in [-0.39, 0.29) is 61.9 Å². The Morgan fingerprint density at radius 2 is 0.767 bits per heavy atom. The number of carbonyl (C=O) groups is 8. The van der Waals surface area contributed by atoms with Gasteiger partial charge in [-0.05, 0) is 209 Å². The summed E-state index contributed by atoms with van der Waals surface area (Å²) in [5, 5.41) is 122. The van der Waals surface area contributed by atoms with Crippen molar-refractivity contribution in [3.05, 3.63) is 145 Å². The molecule has 0 aromatic heterocycles. The minimum atomic E-state index is -0.867. The molecule has 0 bridgehead atoms. The number of fused-ring (bicyclic) bond motifs is 2. The molecule has 2 fully saturated rings. The molecule has 36 nitrogen and oxygen atoms in total. The van der Waals surface area contributed by atoms with Crippen molar-refractivity contribution in [2.75, 3.05) is 79.5 Å². The Labute approximate surface area is 676 Å². The molecule has 2 aliphatic heterocycles. The maximum Gasteiger partial charge on any atom is 0.322 e. The van der Waals surface area contributed by atoms with Crippen LogP contribution in [-0.4, -0.2) is 215 Å². The van der Waals surface area contributed by atoms with Crippen LogP contribution in [-0.2, 0) is 19.2 Å². The first-order valence-electron chi connectivity index (χ1n) is 37.8. The molecule has 0 saturated carbocycles. The van der Waals surface area contributed by atoms with Gasteiger partial charge in [-0.2, -0.15) is 0 Å². The highest BCUT2D eigenvalue weighted by Gasteiger charge is 2.37. The maximum absolute atomic E-state index is 13.0. The number of amides is 8. The molecule has 8 amide bonds. The summed E-state index contributed by atoms with van der Waals surface area (Å²) < 4.78 is 0. The fourth-order valence-electron chi connectivity index (χ4n) is 12.0. The first kappa shape index (κ1) is 94.7. The fourth-order valence-corrected chi connectivity index (χ4v) is 13.8. The van der Waals surface area contributed by atoms with Gasteiger partial charge in [0.2, 0.25) is 34.8 Å². The lowest BCUT2D eigenvalue weighted by molar-refractivity contribution is -0.386. The minimum absolute atomic E-state index is 0.0660. The zero-order valence-electron chi connectivity index (χ0n) is 65.4. The largest absolute Gasteiger partial charge is 0.504 e. The molecule has 6 aromatic carbocycles. The number of imide groups is 2. The third kappa shape index (κ3) is 26.6. The number of thioether (sulfide) groups is 2. The minimum Gasteiger partial charge on any atom is -0.504 e. The molecular weight excluding hydrogens is 1550 g/mol. The molecule has 0 aliphatic carbocycles. The predicted octanol–water partition coefficient (Wildman–Crippen LogP) is 13.2. The summed E-state index contributed by atoms with van der Waals surface area (Å²) in [6.45, 7) is 13.0. The monoisotopic (exact) mass is 1650 g/mol. The number of phenols is 8. The summed E-state index contributed by atoms with van der Waals surface area (Å²) in [4.78, 5) is 149. The summed E-state index contributed by atoms with van der Waals surface area (Å²) in [6, 6.07) is 15.4. The summed E-state index contributed by atoms with van der Waals surface area (Å²) in [5.74, 6) is -7.07. The van der Waals surface area contributed by atoms with E-state index in [0.29, 0.717) is 125 Å². The highest BCUT2D eigenvalue weighted by Crippen LogP contribution is 2.45. The van der Waals surface area contributed by atoms with Crippen LogP contribution >= 0.6 is 23.5 Å². The molecule has 2 aliphatic rings. The number of nitrogens with zero attached hydrogens (tertiary/aromatic N) is 10. The van der Waals surface area contributed by atoms with Gasteiger partial charge in [0, 0.05) is 103 Å². The number of benzene rings is 6. The Kier molecular flexibility index (Phi) is 37.9. The van der Waals surface area contributed by atoms with E-state index in [9.17, 15) is 120 Å². The number of unbranched alkanes of at least 4 members (excludes halogenated alkanes) is 10. The molecule has 2 saturated heterocycles. The van der Waals surface area contributed by atoms with E-state index >= 15 is 0 Å². The van der Waals surface area contributed by atoms with Gasteiger partial charge in [0.05, 0.1) is 40.3 Å². The molecule has 0 atom stereocenters. The molecule has 628 valence electrons. The van der Waals surface area contributed by atoms with E-state index in [1.807, 2.05) is 27.7 Å². The van der Waals surface area contributed by atoms with Gasteiger partial charge >= 0.3 is 22.7 Å². The zero-order valence-corrected chi connectivity index (χ0v) is 67.1. The van der Waals surface area contributed by atoms with Crippen molar-refractivity contribution >= 4 is 126 Å². The Balaban J connectivity index is 0.000000277. The predicted molar refractivity (Wildman–Crippen MR) is 437 cm³/mol. The summed E-state index contributed by atoms with van der Waals surface area (Å²) in [5.41, 5.74) is 9.30. The highest BCUT2D eigenvalue weighted by atomic mass is 32.2. The number of nitrogens with two attached hydrogens (primary N) is 2. The van der Waals surface area contributed by atoms with Gasteiger partial charge in [0.15, 0.2) is 23.0 Å². The Hall–Kier alpha value is -11.9. The Bertz CT molecular complexity index is 4660. The number of nitro benzene ring substituents is 4. The van der Waals surface area contributed by atoms with E-state index < -0.39 is 111 Å². The molecule has 8 rings (SSSR count). The van der Waals surface area contributed by atoms with E-state index in [1.54, 1.807) is 33.7 Å². The molecule has 12 N–H and O–H groups in total. The summed E-state index contributed by atoms with van der Waals surface area (Å²) >= 11 is 1.43. The third-order valence-corrected chi connectivity index (χ3v) is 20.4. The second-order valence-corrected chi connectivity index (χ2v) is 29.0. The van der Waals surface area contributed by atoms with Crippen LogP contribution in [0, 0.1) is 40.5 Å². The van der Waals surface area contributed by atoms with Crippen LogP contribution in [0.1, 0.15) is 175 Å². The smallest absolute Gasteiger partial charge is 0.322 e. The van der Waals surface area contributed by atoms with Gasteiger partial charge in [-0.25, -0.2) is 0 Å². The summed E-state index contributed by atoms with van der Waals surface area (Å²) in [7, 11) is 3.52. The first-order chi connectivity index (χ1) is 55.1. The van der Waals surface area contributed by atoms with Crippen LogP contribution in [0.3, 0.4) is 0 Å². The SMILES string of the molecule is CCCCC(=O)N(C)CCCCN(CC)C(=O)c1ccc2c([N+](=O)[O-])c(O)c(O)cc2c1.CCCCC(=O)N(C)CCCCN1C(=O)S/C(=C\c2cc(O)c(O)c([N+](=O)[O-])c2)C1=O.CCN(CCCCCCN)C(=O)c1ccc2c([N+](=O)[O-])c(O)c(O)cc2c1.NCCCCCCN1C(=O)S/C(=C\c2cc(O)c(O)c([N+](=O)[O-])c2)C1=O. The molecular formula is C78H100N12O24S2. The van der Waals surface area contributed by atoms with Crippen LogP contribution in [0.4, 0.5) is 32.3 Å². The lowest BCUT2D eigenvalue weighted by atomic mass is 10.0. The van der Waals surface area contributed by atoms with Gasteiger partial charge < -0.3 is 71.9 Å². The second kappa shape index (κ2) is 46.5. The van der Waals surface area contributed by atoms with E-state index in [2.05, 4.69) is 0 Å². The van der Waals surface area contributed by atoms with Gasteiger partial charge in [0.25, 0.3) is 34.1 Å². The second-order valence-electron chi connectivity index (χ2n) is 27.0. The van der Waals surface area contributed by atoms with E-state index in [0.717, 1.165) is 129 Å². The molecule has 2 heterocycles. The van der Waals surface area contributed by atoms with Gasteiger partial charge in [0.1, 0.15) is 0 Å². The molecule has 0 unspecified atom stereocenters. The third-order valence-electron chi connectivity index (χ3n) is 18.6. The quantitative estimate of drug-likeness (QED) is 0.00566. The van der Waals surface area contributed by atoms with Crippen molar-refractivity contribution in [1.82, 2.24) is 29.4 Å². The maximum atomic E-state index is 13.0. The lowest BCUT2D eigenvalue weighted by Gasteiger charge is -2.22. The standard InChI is InChI=1S/C23H31N3O6.C20H25N3O7S.C19H25N3O5.C16H19N3O6S/c1-4-6-9-20(28)24(3)12-7-8-13-25(5-2)23(30)16-10-11-18-17(14-16)15-19(27)22(29)21(18)26(31)32;1-3-4-7-17(25)21(2)8-5-6-9-22-19(27)16(31-20(22)28)12-13-10-14(23(29)30)18(26)15(24)11-13;1-2-21(10-6-4-3-5-9-20)19(25)13-7-8-15-14(11-13)12-16(23)18(24)17(15)22(26)27;17-5-3-1-2-4-6-18-15(22)13(26-16(18)23)9-10-7-11(19(24)25)14(21)12(20)8-10/h10-11,14-15,27,29H,4-9,12-13H2,1-3H3;10-12,24,26H,3-9H2,1-2H3;7-8,11-12,23-24H,2-6,9-10,20H2,1H3;7-9,20-21H,1-6,17H2/b;16-12-;;13-9-. The average Bonchev–Trinajstić information content (AvgIpc) is 1.12.